The van der Waals surface area contributed by atoms with Crippen molar-refractivity contribution in [1.29, 1.82) is 0 Å². The zero-order valence-electron chi connectivity index (χ0n) is 16.2. The predicted molar refractivity (Wildman–Crippen MR) is 112 cm³/mol. The Hall–Kier alpha value is -2.59. The largest absolute Gasteiger partial charge is 0.366 e. The molecule has 0 atom stereocenters. The van der Waals surface area contributed by atoms with Crippen molar-refractivity contribution in [2.75, 3.05) is 21.3 Å². The van der Waals surface area contributed by atoms with Crippen LogP contribution in [-0.2, 0) is 20.0 Å². The van der Waals surface area contributed by atoms with E-state index in [9.17, 15) is 21.6 Å². The Morgan fingerprint density at radius 1 is 1.07 bits per heavy atom. The van der Waals surface area contributed by atoms with Crippen LogP contribution in [0.4, 0.5) is 11.4 Å². The van der Waals surface area contributed by atoms with Crippen molar-refractivity contribution in [2.45, 2.75) is 31.6 Å². The van der Waals surface area contributed by atoms with E-state index in [1.807, 2.05) is 0 Å². The molecule has 0 aromatic heterocycles. The Labute approximate surface area is 170 Å². The zero-order valence-corrected chi connectivity index (χ0v) is 17.8. The molecule has 0 saturated carbocycles. The van der Waals surface area contributed by atoms with Crippen molar-refractivity contribution in [3.05, 3.63) is 53.1 Å². The van der Waals surface area contributed by atoms with Gasteiger partial charge in [0.05, 0.1) is 16.3 Å². The van der Waals surface area contributed by atoms with Crippen LogP contribution in [0, 0.1) is 13.8 Å². The van der Waals surface area contributed by atoms with Gasteiger partial charge in [-0.05, 0) is 74.2 Å². The molecule has 3 rings (SSSR count). The van der Waals surface area contributed by atoms with E-state index in [2.05, 4.69) is 4.72 Å². The van der Waals surface area contributed by atoms with Crippen LogP contribution in [0.5, 0.6) is 0 Å². The third-order valence-corrected chi connectivity index (χ3v) is 8.20. The highest BCUT2D eigenvalue weighted by atomic mass is 32.2. The molecule has 0 aliphatic carbocycles. The average Bonchev–Trinajstić information content (AvgIpc) is 2.63. The smallest absolute Gasteiger partial charge is 0.262 e. The molecular formula is C19H23N3O5S2. The molecule has 10 heteroatoms. The minimum Gasteiger partial charge on any atom is -0.366 e. The highest BCUT2D eigenvalue weighted by Gasteiger charge is 2.28. The molecule has 1 saturated heterocycles. The molecule has 2 aromatic rings. The molecule has 156 valence electrons. The van der Waals surface area contributed by atoms with Crippen LogP contribution in [0.2, 0.25) is 0 Å². The summed E-state index contributed by atoms with van der Waals surface area (Å²) in [5.41, 5.74) is 7.25. The lowest BCUT2D eigenvalue weighted by Gasteiger charge is -2.30. The number of primary amides is 1. The first kappa shape index (κ1) is 21.1. The third kappa shape index (κ3) is 4.38. The Morgan fingerprint density at radius 2 is 1.72 bits per heavy atom. The predicted octanol–water partition coefficient (Wildman–Crippen LogP) is 2.13. The Morgan fingerprint density at radius 3 is 2.31 bits per heavy atom. The monoisotopic (exact) mass is 437 g/mol. The van der Waals surface area contributed by atoms with Crippen LogP contribution in [0.25, 0.3) is 0 Å². The van der Waals surface area contributed by atoms with Gasteiger partial charge in [-0.2, -0.15) is 0 Å². The van der Waals surface area contributed by atoms with E-state index >= 15 is 0 Å². The van der Waals surface area contributed by atoms with Gasteiger partial charge < -0.3 is 5.73 Å². The van der Waals surface area contributed by atoms with Gasteiger partial charge in [-0.1, -0.05) is 0 Å². The fourth-order valence-corrected chi connectivity index (χ4v) is 6.37. The molecule has 1 aliphatic rings. The van der Waals surface area contributed by atoms with E-state index in [0.717, 1.165) is 6.42 Å². The summed E-state index contributed by atoms with van der Waals surface area (Å²) < 4.78 is 54.4. The molecule has 0 spiro atoms. The van der Waals surface area contributed by atoms with Gasteiger partial charge in [0.15, 0.2) is 0 Å². The minimum atomic E-state index is -3.91. The number of hydrogen-bond donors (Lipinski definition) is 2. The Bertz CT molecular complexity index is 1160. The number of nitrogens with two attached hydrogens (primary N) is 1. The quantitative estimate of drug-likeness (QED) is 0.741. The minimum absolute atomic E-state index is 0.0622. The molecule has 1 aliphatic heterocycles. The molecule has 1 amide bonds. The number of carbonyl (C=O) groups excluding carboxylic acids is 1. The highest BCUT2D eigenvalue weighted by molar-refractivity contribution is 7.93. The fraction of sp³-hybridized carbons (Fsp3) is 0.316. The highest BCUT2D eigenvalue weighted by Crippen LogP contribution is 2.31. The van der Waals surface area contributed by atoms with Gasteiger partial charge in [0.2, 0.25) is 15.9 Å². The molecular weight excluding hydrogens is 414 g/mol. The Balaban J connectivity index is 1.94. The summed E-state index contributed by atoms with van der Waals surface area (Å²) in [4.78, 5) is 11.2. The Kier molecular flexibility index (Phi) is 5.59. The number of aryl methyl sites for hydroxylation is 2. The molecule has 0 radical (unpaired) electrons. The topological polar surface area (TPSA) is 127 Å². The van der Waals surface area contributed by atoms with Crippen LogP contribution in [0.15, 0.2) is 41.3 Å². The lowest BCUT2D eigenvalue weighted by molar-refractivity contribution is 0.100. The van der Waals surface area contributed by atoms with Gasteiger partial charge in [-0.15, -0.1) is 0 Å². The summed E-state index contributed by atoms with van der Waals surface area (Å²) in [6, 6.07) is 8.85. The SMILES string of the molecule is Cc1cc(S(=O)(=O)Nc2ccc(C(N)=O)cc2)c(C)cc1N1CCCCS1(=O)=O. The van der Waals surface area contributed by atoms with Gasteiger partial charge in [0.25, 0.3) is 10.0 Å². The molecule has 3 N–H and O–H groups in total. The molecule has 8 nitrogen and oxygen atoms in total. The van der Waals surface area contributed by atoms with E-state index in [0.29, 0.717) is 29.8 Å². The van der Waals surface area contributed by atoms with Crippen molar-refractivity contribution in [3.63, 3.8) is 0 Å². The van der Waals surface area contributed by atoms with Crippen LogP contribution < -0.4 is 14.8 Å². The van der Waals surface area contributed by atoms with E-state index in [-0.39, 0.29) is 21.9 Å². The zero-order chi connectivity index (χ0) is 21.4. The van der Waals surface area contributed by atoms with Gasteiger partial charge >= 0.3 is 0 Å². The number of sulfonamides is 2. The van der Waals surface area contributed by atoms with E-state index < -0.39 is 26.0 Å². The van der Waals surface area contributed by atoms with Crippen molar-refractivity contribution >= 4 is 37.3 Å². The second-order valence-corrected chi connectivity index (χ2v) is 10.7. The van der Waals surface area contributed by atoms with Crippen LogP contribution in [0.1, 0.15) is 34.3 Å². The molecule has 0 bridgehead atoms. The van der Waals surface area contributed by atoms with Gasteiger partial charge in [-0.3, -0.25) is 13.8 Å². The van der Waals surface area contributed by atoms with E-state index in [1.54, 1.807) is 19.9 Å². The second kappa shape index (κ2) is 7.68. The van der Waals surface area contributed by atoms with Crippen molar-refractivity contribution in [3.8, 4) is 0 Å². The van der Waals surface area contributed by atoms with Gasteiger partial charge in [0.1, 0.15) is 0 Å². The van der Waals surface area contributed by atoms with Crippen molar-refractivity contribution < 1.29 is 21.6 Å². The first-order valence-corrected chi connectivity index (χ1v) is 12.1. The summed E-state index contributed by atoms with van der Waals surface area (Å²) in [7, 11) is -7.30. The number of rotatable bonds is 5. The molecule has 2 aromatic carbocycles. The molecule has 29 heavy (non-hydrogen) atoms. The lowest BCUT2D eigenvalue weighted by atomic mass is 10.1. The number of hydrogen-bond acceptors (Lipinski definition) is 5. The molecule has 1 heterocycles. The number of nitrogens with zero attached hydrogens (tertiary/aromatic N) is 1. The van der Waals surface area contributed by atoms with Crippen molar-refractivity contribution in [1.82, 2.24) is 0 Å². The van der Waals surface area contributed by atoms with Crippen molar-refractivity contribution in [2.24, 2.45) is 5.73 Å². The van der Waals surface area contributed by atoms with E-state index in [1.165, 1.54) is 34.6 Å². The molecule has 0 unspecified atom stereocenters. The van der Waals surface area contributed by atoms with Crippen LogP contribution in [-0.4, -0.2) is 35.0 Å². The maximum absolute atomic E-state index is 12.9. The van der Waals surface area contributed by atoms with Crippen LogP contribution in [0.3, 0.4) is 0 Å². The summed E-state index contributed by atoms with van der Waals surface area (Å²) >= 11 is 0. The lowest BCUT2D eigenvalue weighted by Crippen LogP contribution is -2.38. The summed E-state index contributed by atoms with van der Waals surface area (Å²) in [6.07, 6.45) is 1.39. The standard InChI is InChI=1S/C19H23N3O5S2/c1-13-12-18(14(2)11-17(13)22-9-3-4-10-28(22,24)25)29(26,27)21-16-7-5-15(6-8-16)19(20)23/h5-8,11-12,21H,3-4,9-10H2,1-2H3,(H2,20,23). The van der Waals surface area contributed by atoms with Crippen LogP contribution >= 0.6 is 0 Å². The number of amides is 1. The van der Waals surface area contributed by atoms with E-state index in [4.69, 9.17) is 5.73 Å². The second-order valence-electron chi connectivity index (χ2n) is 7.05. The third-order valence-electron chi connectivity index (χ3n) is 4.82. The molecule has 1 fully saturated rings. The summed E-state index contributed by atoms with van der Waals surface area (Å²) in [5, 5.41) is 0. The first-order valence-electron chi connectivity index (χ1n) is 9.05. The first-order chi connectivity index (χ1) is 13.5. The number of nitrogens with one attached hydrogen (secondary N) is 1. The van der Waals surface area contributed by atoms with Gasteiger partial charge in [-0.25, -0.2) is 16.8 Å². The summed E-state index contributed by atoms with van der Waals surface area (Å²) in [6.45, 7) is 3.71. The maximum Gasteiger partial charge on any atom is 0.262 e. The average molecular weight is 438 g/mol. The van der Waals surface area contributed by atoms with Gasteiger partial charge in [0, 0.05) is 17.8 Å². The normalized spacial score (nSPS) is 16.4. The fourth-order valence-electron chi connectivity index (χ4n) is 3.30. The maximum atomic E-state index is 12.9. The number of carbonyl (C=O) groups is 1. The number of anilines is 2. The number of benzene rings is 2. The summed E-state index contributed by atoms with van der Waals surface area (Å²) in [5.74, 6) is -0.511.